The molecule has 3 nitrogen and oxygen atoms in total. The third-order valence-corrected chi connectivity index (χ3v) is 2.31. The first-order chi connectivity index (χ1) is 5.18. The number of nitrogens with two attached hydrogens (primary N) is 1. The monoisotopic (exact) mass is 157 g/mol. The molecule has 3 N–H and O–H groups in total. The summed E-state index contributed by atoms with van der Waals surface area (Å²) in [7, 11) is 0. The summed E-state index contributed by atoms with van der Waals surface area (Å²) in [5.74, 6) is 0.210. The van der Waals surface area contributed by atoms with E-state index in [0.29, 0.717) is 12.3 Å². The van der Waals surface area contributed by atoms with Gasteiger partial charge in [0.25, 0.3) is 0 Å². The van der Waals surface area contributed by atoms with Gasteiger partial charge in [0.2, 0.25) is 5.91 Å². The Morgan fingerprint density at radius 1 is 1.36 bits per heavy atom. The lowest BCUT2D eigenvalue weighted by Crippen LogP contribution is -2.23. The van der Waals surface area contributed by atoms with Crippen LogP contribution < -0.4 is 5.73 Å². The van der Waals surface area contributed by atoms with Crippen molar-refractivity contribution in [2.45, 2.75) is 38.2 Å². The molecule has 0 saturated heterocycles. The van der Waals surface area contributed by atoms with Crippen LogP contribution in [0.2, 0.25) is 0 Å². The van der Waals surface area contributed by atoms with Gasteiger partial charge >= 0.3 is 0 Å². The van der Waals surface area contributed by atoms with Gasteiger partial charge in [0.05, 0.1) is 6.10 Å². The zero-order valence-electron chi connectivity index (χ0n) is 6.62. The maximum atomic E-state index is 10.5. The van der Waals surface area contributed by atoms with Crippen molar-refractivity contribution in [3.8, 4) is 0 Å². The molecule has 1 fully saturated rings. The van der Waals surface area contributed by atoms with E-state index >= 15 is 0 Å². The molecule has 11 heavy (non-hydrogen) atoms. The largest absolute Gasteiger partial charge is 0.393 e. The van der Waals surface area contributed by atoms with Gasteiger partial charge in [-0.15, -0.1) is 0 Å². The highest BCUT2D eigenvalue weighted by molar-refractivity contribution is 5.73. The fourth-order valence-corrected chi connectivity index (χ4v) is 1.63. The molecule has 0 aromatic rings. The Morgan fingerprint density at radius 2 is 1.91 bits per heavy atom. The third-order valence-electron chi connectivity index (χ3n) is 2.31. The molecule has 1 aliphatic rings. The van der Waals surface area contributed by atoms with Gasteiger partial charge in [-0.1, -0.05) is 0 Å². The summed E-state index contributed by atoms with van der Waals surface area (Å²) in [6.45, 7) is 0. The van der Waals surface area contributed by atoms with Crippen LogP contribution in [0.5, 0.6) is 0 Å². The number of carbonyl (C=O) groups excluding carboxylic acids is 1. The van der Waals surface area contributed by atoms with E-state index in [2.05, 4.69) is 0 Å². The Bertz CT molecular complexity index is 139. The molecule has 0 spiro atoms. The second-order valence-corrected chi connectivity index (χ2v) is 3.34. The molecule has 0 aliphatic heterocycles. The van der Waals surface area contributed by atoms with Crippen LogP contribution in [0.1, 0.15) is 32.1 Å². The molecule has 1 rings (SSSR count). The number of primary amides is 1. The standard InChI is InChI=1S/C8H15NO2/c9-8(11)5-6-1-3-7(10)4-2-6/h6-7,10H,1-5H2,(H2,9,11)/t6-,7-. The topological polar surface area (TPSA) is 63.3 Å². The van der Waals surface area contributed by atoms with Gasteiger partial charge in [-0.2, -0.15) is 0 Å². The maximum absolute atomic E-state index is 10.5. The van der Waals surface area contributed by atoms with Crippen molar-refractivity contribution in [3.63, 3.8) is 0 Å². The predicted octanol–water partition coefficient (Wildman–Crippen LogP) is 0.413. The van der Waals surface area contributed by atoms with E-state index in [0.717, 1.165) is 25.7 Å². The van der Waals surface area contributed by atoms with Crippen LogP contribution in [0.15, 0.2) is 0 Å². The number of hydrogen-bond acceptors (Lipinski definition) is 2. The quantitative estimate of drug-likeness (QED) is 0.610. The average Bonchev–Trinajstić information content (AvgIpc) is 1.93. The highest BCUT2D eigenvalue weighted by Gasteiger charge is 2.20. The van der Waals surface area contributed by atoms with Gasteiger partial charge in [-0.3, -0.25) is 4.79 Å². The minimum Gasteiger partial charge on any atom is -0.393 e. The maximum Gasteiger partial charge on any atom is 0.217 e. The van der Waals surface area contributed by atoms with Crippen LogP contribution >= 0.6 is 0 Å². The summed E-state index contributed by atoms with van der Waals surface area (Å²) < 4.78 is 0. The van der Waals surface area contributed by atoms with E-state index in [9.17, 15) is 4.79 Å². The first-order valence-electron chi connectivity index (χ1n) is 4.15. The fourth-order valence-electron chi connectivity index (χ4n) is 1.63. The molecule has 0 heterocycles. The Kier molecular flexibility index (Phi) is 2.88. The summed E-state index contributed by atoms with van der Waals surface area (Å²) in [4.78, 5) is 10.5. The SMILES string of the molecule is NC(=O)C[C@H]1CC[C@H](O)CC1. The van der Waals surface area contributed by atoms with Crippen molar-refractivity contribution in [2.24, 2.45) is 11.7 Å². The third kappa shape index (κ3) is 2.89. The van der Waals surface area contributed by atoms with E-state index in [-0.39, 0.29) is 12.0 Å². The van der Waals surface area contributed by atoms with Crippen molar-refractivity contribution in [1.29, 1.82) is 0 Å². The zero-order valence-corrected chi connectivity index (χ0v) is 6.62. The second kappa shape index (κ2) is 3.72. The van der Waals surface area contributed by atoms with Gasteiger partial charge in [0, 0.05) is 6.42 Å². The molecular formula is C8H15NO2. The van der Waals surface area contributed by atoms with E-state index in [1.54, 1.807) is 0 Å². The lowest BCUT2D eigenvalue weighted by molar-refractivity contribution is -0.119. The van der Waals surface area contributed by atoms with E-state index in [4.69, 9.17) is 10.8 Å². The molecule has 0 bridgehead atoms. The number of carbonyl (C=O) groups is 1. The van der Waals surface area contributed by atoms with Crippen LogP contribution in [0.4, 0.5) is 0 Å². The average molecular weight is 157 g/mol. The van der Waals surface area contributed by atoms with Crippen molar-refractivity contribution in [3.05, 3.63) is 0 Å². The summed E-state index contributed by atoms with van der Waals surface area (Å²) in [5, 5.41) is 9.14. The molecule has 1 saturated carbocycles. The van der Waals surface area contributed by atoms with E-state index < -0.39 is 0 Å². The highest BCUT2D eigenvalue weighted by atomic mass is 16.3. The Labute approximate surface area is 66.6 Å². The predicted molar refractivity (Wildman–Crippen MR) is 41.8 cm³/mol. The molecule has 1 amide bonds. The molecule has 0 radical (unpaired) electrons. The summed E-state index contributed by atoms with van der Waals surface area (Å²) in [6.07, 6.45) is 3.91. The first-order valence-corrected chi connectivity index (χ1v) is 4.15. The van der Waals surface area contributed by atoms with Gasteiger partial charge in [0.15, 0.2) is 0 Å². The van der Waals surface area contributed by atoms with Crippen LogP contribution in [0.25, 0.3) is 0 Å². The van der Waals surface area contributed by atoms with Gasteiger partial charge < -0.3 is 10.8 Å². The summed E-state index contributed by atoms with van der Waals surface area (Å²) in [5.41, 5.74) is 5.06. The summed E-state index contributed by atoms with van der Waals surface area (Å²) in [6, 6.07) is 0. The Balaban J connectivity index is 2.22. The molecule has 0 atom stereocenters. The van der Waals surface area contributed by atoms with Gasteiger partial charge in [-0.25, -0.2) is 0 Å². The van der Waals surface area contributed by atoms with Gasteiger partial charge in [-0.05, 0) is 31.6 Å². The van der Waals surface area contributed by atoms with E-state index in [1.807, 2.05) is 0 Å². The molecule has 3 heteroatoms. The number of hydrogen-bond donors (Lipinski definition) is 2. The minimum atomic E-state index is -0.216. The highest BCUT2D eigenvalue weighted by Crippen LogP contribution is 2.26. The Hall–Kier alpha value is -0.570. The zero-order chi connectivity index (χ0) is 8.27. The molecule has 0 aromatic carbocycles. The number of amides is 1. The van der Waals surface area contributed by atoms with Crippen LogP contribution in [-0.2, 0) is 4.79 Å². The van der Waals surface area contributed by atoms with Crippen molar-refractivity contribution >= 4 is 5.91 Å². The number of aliphatic hydroxyl groups is 1. The van der Waals surface area contributed by atoms with Crippen molar-refractivity contribution < 1.29 is 9.90 Å². The minimum absolute atomic E-state index is 0.140. The van der Waals surface area contributed by atoms with Gasteiger partial charge in [0.1, 0.15) is 0 Å². The molecule has 0 unspecified atom stereocenters. The molecular weight excluding hydrogens is 142 g/mol. The van der Waals surface area contributed by atoms with Crippen LogP contribution in [-0.4, -0.2) is 17.1 Å². The van der Waals surface area contributed by atoms with Crippen LogP contribution in [0.3, 0.4) is 0 Å². The summed E-state index contributed by atoms with van der Waals surface area (Å²) >= 11 is 0. The fraction of sp³-hybridized carbons (Fsp3) is 0.875. The number of rotatable bonds is 2. The lowest BCUT2D eigenvalue weighted by atomic mass is 9.85. The smallest absolute Gasteiger partial charge is 0.217 e. The van der Waals surface area contributed by atoms with Crippen molar-refractivity contribution in [2.75, 3.05) is 0 Å². The van der Waals surface area contributed by atoms with E-state index in [1.165, 1.54) is 0 Å². The molecule has 0 aromatic heterocycles. The Morgan fingerprint density at radius 3 is 2.36 bits per heavy atom. The normalized spacial score (nSPS) is 31.7. The first kappa shape index (κ1) is 8.53. The van der Waals surface area contributed by atoms with Crippen LogP contribution in [0, 0.1) is 5.92 Å². The van der Waals surface area contributed by atoms with Crippen molar-refractivity contribution in [1.82, 2.24) is 0 Å². The molecule has 64 valence electrons. The molecule has 1 aliphatic carbocycles. The number of aliphatic hydroxyl groups excluding tert-OH is 1. The second-order valence-electron chi connectivity index (χ2n) is 3.34. The lowest BCUT2D eigenvalue weighted by Gasteiger charge is -2.23.